The number of allylic oxidation sites excluding steroid dienone is 2. The molecule has 5 rings (SSSR count). The van der Waals surface area contributed by atoms with E-state index in [1.165, 1.54) is 24.8 Å². The molecular weight excluding hydrogens is 446 g/mol. The van der Waals surface area contributed by atoms with E-state index >= 15 is 0 Å². The summed E-state index contributed by atoms with van der Waals surface area (Å²) in [4.78, 5) is 26.0. The summed E-state index contributed by atoms with van der Waals surface area (Å²) in [5, 5.41) is 20.0. The van der Waals surface area contributed by atoms with Gasteiger partial charge >= 0.3 is 5.97 Å². The molecule has 5 aliphatic rings. The summed E-state index contributed by atoms with van der Waals surface area (Å²) in [6.07, 6.45) is 10.5. The quantitative estimate of drug-likeness (QED) is 0.433. The first-order valence-electron chi connectivity index (χ1n) is 14.6. The number of carboxylic acid groups (broad SMARTS) is 1. The molecule has 11 atom stereocenters. The third-order valence-corrected chi connectivity index (χ3v) is 13.7. The third kappa shape index (κ3) is 3.10. The van der Waals surface area contributed by atoms with Crippen molar-refractivity contribution in [3.63, 3.8) is 0 Å². The molecule has 0 saturated heterocycles. The fourth-order valence-electron chi connectivity index (χ4n) is 11.1. The molecule has 5 aliphatic carbocycles. The minimum Gasteiger partial charge on any atom is -0.481 e. The number of nitrogens with zero attached hydrogens (tertiary/aromatic N) is 1. The van der Waals surface area contributed by atoms with Crippen LogP contribution in [0, 0.1) is 73.9 Å². The number of carbonyl (C=O) groups is 2. The van der Waals surface area contributed by atoms with E-state index in [1.807, 2.05) is 6.92 Å². The lowest BCUT2D eigenvalue weighted by atomic mass is 9.32. The molecule has 0 amide bonds. The van der Waals surface area contributed by atoms with E-state index in [0.717, 1.165) is 25.7 Å². The van der Waals surface area contributed by atoms with Crippen LogP contribution in [0.2, 0.25) is 0 Å². The predicted molar refractivity (Wildman–Crippen MR) is 141 cm³/mol. The van der Waals surface area contributed by atoms with Gasteiger partial charge in [-0.05, 0) is 116 Å². The van der Waals surface area contributed by atoms with Crippen molar-refractivity contribution in [2.45, 2.75) is 106 Å². The molecule has 4 fully saturated rings. The van der Waals surface area contributed by atoms with Crippen LogP contribution in [0.1, 0.15) is 106 Å². The molecule has 4 saturated carbocycles. The van der Waals surface area contributed by atoms with Crippen LogP contribution in [0.3, 0.4) is 0 Å². The number of rotatable bonds is 2. The fraction of sp³-hybridized carbons (Fsp3) is 0.844. The summed E-state index contributed by atoms with van der Waals surface area (Å²) in [6, 6.07) is 2.61. The summed E-state index contributed by atoms with van der Waals surface area (Å²) in [7, 11) is 0. The minimum atomic E-state index is -0.819. The number of fused-ring (bicyclic) bond motifs is 7. The van der Waals surface area contributed by atoms with Crippen molar-refractivity contribution in [3.05, 3.63) is 11.6 Å². The second-order valence-corrected chi connectivity index (χ2v) is 15.0. The number of ketones is 1. The van der Waals surface area contributed by atoms with Crippen molar-refractivity contribution in [3.8, 4) is 6.07 Å². The maximum atomic E-state index is 14.4. The Hall–Kier alpha value is -1.63. The Morgan fingerprint density at radius 2 is 1.72 bits per heavy atom. The van der Waals surface area contributed by atoms with Crippen LogP contribution in [0.15, 0.2) is 11.6 Å². The van der Waals surface area contributed by atoms with Crippen LogP contribution in [0.5, 0.6) is 0 Å². The van der Waals surface area contributed by atoms with Crippen LogP contribution in [0.4, 0.5) is 0 Å². The first-order chi connectivity index (χ1) is 16.7. The third-order valence-electron chi connectivity index (χ3n) is 13.7. The summed E-state index contributed by atoms with van der Waals surface area (Å²) < 4.78 is 0. The largest absolute Gasteiger partial charge is 0.481 e. The topological polar surface area (TPSA) is 78.2 Å². The monoisotopic (exact) mass is 493 g/mol. The van der Waals surface area contributed by atoms with Gasteiger partial charge in [0.05, 0.1) is 11.5 Å². The minimum absolute atomic E-state index is 0.00396. The lowest BCUT2D eigenvalue weighted by Crippen LogP contribution is -2.66. The van der Waals surface area contributed by atoms with Crippen LogP contribution in [-0.4, -0.2) is 16.9 Å². The molecule has 0 aromatic carbocycles. The molecule has 0 heterocycles. The highest BCUT2D eigenvalue weighted by Gasteiger charge is 2.70. The molecule has 0 aliphatic heterocycles. The molecule has 36 heavy (non-hydrogen) atoms. The average Bonchev–Trinajstić information content (AvgIpc) is 2.80. The van der Waals surface area contributed by atoms with Crippen molar-refractivity contribution in [1.29, 1.82) is 5.26 Å². The molecule has 0 aromatic rings. The second-order valence-electron chi connectivity index (χ2n) is 15.0. The van der Waals surface area contributed by atoms with E-state index in [0.29, 0.717) is 30.0 Å². The van der Waals surface area contributed by atoms with Gasteiger partial charge in [-0.1, -0.05) is 47.1 Å². The standard InChI is InChI=1S/C32H47NO3/c1-19-8-11-28(3)14-15-31(6)22(26(28)20(19)2)17-23(34)27-29(4)12-9-21(16-25(35)36)30(5,18-33)24(29)10-13-32(27,31)7/h17,19-21,24,26-27H,8-16H2,1-7H3,(H,35,36)/t19-,20+,21+,24?,26?,27?,28-,29+,30+,31-,32-/m1/s1. The van der Waals surface area contributed by atoms with E-state index in [9.17, 15) is 20.0 Å². The van der Waals surface area contributed by atoms with Gasteiger partial charge in [0.15, 0.2) is 5.78 Å². The van der Waals surface area contributed by atoms with Gasteiger partial charge in [-0.3, -0.25) is 9.59 Å². The Kier molecular flexibility index (Phi) is 5.73. The SMILES string of the molecule is C[C@@H]1CC[C@]2(C)CC[C@]3(C)C(=CC(=O)C4[C@@]5(C)CC[C@@H](CC(=O)O)[C@](C)(C#N)C5CC[C@]43C)C2[C@H]1C. The zero-order chi connectivity index (χ0) is 26.5. The van der Waals surface area contributed by atoms with Gasteiger partial charge in [0, 0.05) is 12.3 Å². The Morgan fingerprint density at radius 3 is 2.36 bits per heavy atom. The molecule has 3 unspecified atom stereocenters. The number of carboxylic acids is 1. The number of carbonyl (C=O) groups excluding carboxylic acids is 1. The van der Waals surface area contributed by atoms with E-state index in [4.69, 9.17) is 0 Å². The Balaban J connectivity index is 1.61. The number of nitriles is 1. The first kappa shape index (κ1) is 26.0. The Labute approximate surface area is 218 Å². The van der Waals surface area contributed by atoms with E-state index in [2.05, 4.69) is 53.7 Å². The van der Waals surface area contributed by atoms with Crippen LogP contribution < -0.4 is 0 Å². The van der Waals surface area contributed by atoms with Gasteiger partial charge in [0.25, 0.3) is 0 Å². The zero-order valence-electron chi connectivity index (χ0n) is 23.6. The van der Waals surface area contributed by atoms with Crippen molar-refractivity contribution in [1.82, 2.24) is 0 Å². The summed E-state index contributed by atoms with van der Waals surface area (Å²) in [5.74, 6) is 1.02. The highest BCUT2D eigenvalue weighted by atomic mass is 16.4. The summed E-state index contributed by atoms with van der Waals surface area (Å²) in [5.41, 5.74) is 0.615. The molecule has 0 spiro atoms. The van der Waals surface area contributed by atoms with Crippen LogP contribution >= 0.6 is 0 Å². The maximum Gasteiger partial charge on any atom is 0.303 e. The average molecular weight is 494 g/mol. The number of aliphatic carboxylic acids is 1. The van der Waals surface area contributed by atoms with Gasteiger partial charge in [-0.15, -0.1) is 0 Å². The van der Waals surface area contributed by atoms with Crippen molar-refractivity contribution < 1.29 is 14.7 Å². The molecule has 1 N–H and O–H groups in total. The first-order valence-corrected chi connectivity index (χ1v) is 14.6. The van der Waals surface area contributed by atoms with E-state index in [1.54, 1.807) is 0 Å². The maximum absolute atomic E-state index is 14.4. The van der Waals surface area contributed by atoms with Gasteiger partial charge in [-0.2, -0.15) is 5.26 Å². The second kappa shape index (κ2) is 7.94. The van der Waals surface area contributed by atoms with Crippen LogP contribution in [0.25, 0.3) is 0 Å². The molecule has 0 radical (unpaired) electrons. The predicted octanol–water partition coefficient (Wildman–Crippen LogP) is 7.44. The fourth-order valence-corrected chi connectivity index (χ4v) is 11.1. The van der Waals surface area contributed by atoms with Gasteiger partial charge in [0.1, 0.15) is 0 Å². The zero-order valence-corrected chi connectivity index (χ0v) is 23.6. The molecular formula is C32H47NO3. The lowest BCUT2D eigenvalue weighted by Gasteiger charge is -2.70. The molecule has 0 aromatic heterocycles. The van der Waals surface area contributed by atoms with E-state index in [-0.39, 0.29) is 45.8 Å². The Bertz CT molecular complexity index is 1060. The van der Waals surface area contributed by atoms with Crippen LogP contribution in [-0.2, 0) is 9.59 Å². The number of hydrogen-bond donors (Lipinski definition) is 1. The Morgan fingerprint density at radius 1 is 1.03 bits per heavy atom. The highest BCUT2D eigenvalue weighted by molar-refractivity contribution is 5.95. The highest BCUT2D eigenvalue weighted by Crippen LogP contribution is 2.75. The number of hydrogen-bond acceptors (Lipinski definition) is 3. The van der Waals surface area contributed by atoms with E-state index < -0.39 is 11.4 Å². The molecule has 4 nitrogen and oxygen atoms in total. The molecule has 0 bridgehead atoms. The van der Waals surface area contributed by atoms with Gasteiger partial charge in [-0.25, -0.2) is 0 Å². The lowest BCUT2D eigenvalue weighted by molar-refractivity contribution is -0.190. The van der Waals surface area contributed by atoms with Gasteiger partial charge < -0.3 is 5.11 Å². The normalized spacial score (nSPS) is 54.2. The van der Waals surface area contributed by atoms with Gasteiger partial charge in [0.2, 0.25) is 0 Å². The van der Waals surface area contributed by atoms with Crippen molar-refractivity contribution in [2.75, 3.05) is 0 Å². The summed E-state index contributed by atoms with van der Waals surface area (Å²) in [6.45, 7) is 16.5. The van der Waals surface area contributed by atoms with Crippen molar-refractivity contribution >= 4 is 11.8 Å². The summed E-state index contributed by atoms with van der Waals surface area (Å²) >= 11 is 0. The molecule has 198 valence electrons. The van der Waals surface area contributed by atoms with Crippen molar-refractivity contribution in [2.24, 2.45) is 62.6 Å². The smallest absolute Gasteiger partial charge is 0.303 e. The molecule has 4 heteroatoms.